The maximum atomic E-state index is 14.3. The highest BCUT2D eigenvalue weighted by atomic mass is 19.4. The number of benzene rings is 1. The Kier molecular flexibility index (Phi) is 4.81. The molecule has 2 atom stereocenters. The molecule has 1 aliphatic heterocycles. The number of hydrogen-bond acceptors (Lipinski definition) is 2. The van der Waals surface area contributed by atoms with Crippen LogP contribution < -0.4 is 5.32 Å². The molecule has 1 aliphatic carbocycles. The lowest BCUT2D eigenvalue weighted by Crippen LogP contribution is -2.46. The molecule has 1 saturated carbocycles. The van der Waals surface area contributed by atoms with E-state index in [1.165, 1.54) is 0 Å². The lowest BCUT2D eigenvalue weighted by atomic mass is 9.99. The van der Waals surface area contributed by atoms with E-state index in [0.717, 1.165) is 29.9 Å². The van der Waals surface area contributed by atoms with Gasteiger partial charge in [0.05, 0.1) is 11.6 Å². The van der Waals surface area contributed by atoms with Gasteiger partial charge in [0, 0.05) is 12.1 Å². The minimum Gasteiger partial charge on any atom is -0.465 e. The Balaban J connectivity index is 1.80. The maximum Gasteiger partial charge on any atom is 0.416 e. The molecule has 1 heterocycles. The van der Waals surface area contributed by atoms with Gasteiger partial charge in [0.25, 0.3) is 0 Å². The largest absolute Gasteiger partial charge is 0.465 e. The Morgan fingerprint density at radius 3 is 2.46 bits per heavy atom. The topological polar surface area (TPSA) is 69.6 Å². The van der Waals surface area contributed by atoms with Crippen molar-refractivity contribution in [3.8, 4) is 0 Å². The van der Waals surface area contributed by atoms with E-state index in [2.05, 4.69) is 5.32 Å². The molecular formula is C17H18F4N2O3. The van der Waals surface area contributed by atoms with Gasteiger partial charge in [-0.25, -0.2) is 9.18 Å². The van der Waals surface area contributed by atoms with Crippen LogP contribution in [0.5, 0.6) is 0 Å². The third-order valence-electron chi connectivity index (χ3n) is 4.86. The predicted molar refractivity (Wildman–Crippen MR) is 82.8 cm³/mol. The van der Waals surface area contributed by atoms with Gasteiger partial charge in [-0.3, -0.25) is 9.69 Å². The molecular weight excluding hydrogens is 356 g/mol. The van der Waals surface area contributed by atoms with Gasteiger partial charge in [-0.05, 0) is 43.7 Å². The fraction of sp³-hybridized carbons (Fsp3) is 0.529. The Morgan fingerprint density at radius 2 is 1.92 bits per heavy atom. The second-order valence-corrected chi connectivity index (χ2v) is 6.69. The normalized spacial score (nSPS) is 21.5. The average molecular weight is 374 g/mol. The molecule has 1 saturated heterocycles. The van der Waals surface area contributed by atoms with Gasteiger partial charge in [0.15, 0.2) is 0 Å². The first-order valence-electron chi connectivity index (χ1n) is 8.35. The van der Waals surface area contributed by atoms with Crippen LogP contribution in [0.2, 0.25) is 0 Å². The number of alkyl halides is 3. The monoisotopic (exact) mass is 374 g/mol. The molecule has 2 aliphatic rings. The third-order valence-corrected chi connectivity index (χ3v) is 4.86. The number of hydrogen-bond donors (Lipinski definition) is 2. The van der Waals surface area contributed by atoms with Crippen molar-refractivity contribution in [3.63, 3.8) is 0 Å². The van der Waals surface area contributed by atoms with Gasteiger partial charge in [0.1, 0.15) is 11.9 Å². The van der Waals surface area contributed by atoms with Gasteiger partial charge in [0.2, 0.25) is 5.91 Å². The fourth-order valence-corrected chi connectivity index (χ4v) is 3.35. The van der Waals surface area contributed by atoms with Crippen LogP contribution in [0.4, 0.5) is 22.4 Å². The molecule has 0 bridgehead atoms. The molecule has 0 radical (unpaired) electrons. The predicted octanol–water partition coefficient (Wildman–Crippen LogP) is 3.55. The van der Waals surface area contributed by atoms with Crippen LogP contribution in [0, 0.1) is 11.7 Å². The zero-order chi connectivity index (χ0) is 19.1. The summed E-state index contributed by atoms with van der Waals surface area (Å²) in [5, 5.41) is 11.8. The first kappa shape index (κ1) is 18.5. The molecule has 9 heteroatoms. The molecule has 3 rings (SSSR count). The van der Waals surface area contributed by atoms with Crippen LogP contribution in [-0.4, -0.2) is 34.6 Å². The molecule has 1 aromatic rings. The van der Waals surface area contributed by atoms with E-state index in [-0.39, 0.29) is 18.0 Å². The van der Waals surface area contributed by atoms with E-state index < -0.39 is 41.6 Å². The second kappa shape index (κ2) is 6.77. The highest BCUT2D eigenvalue weighted by Crippen LogP contribution is 2.42. The second-order valence-electron chi connectivity index (χ2n) is 6.69. The minimum atomic E-state index is -4.65. The van der Waals surface area contributed by atoms with Crippen LogP contribution in [0.25, 0.3) is 0 Å². The highest BCUT2D eigenvalue weighted by Gasteiger charge is 2.40. The van der Waals surface area contributed by atoms with Crippen molar-refractivity contribution in [1.29, 1.82) is 0 Å². The molecule has 26 heavy (non-hydrogen) atoms. The van der Waals surface area contributed by atoms with Crippen LogP contribution in [-0.2, 0) is 11.0 Å². The first-order chi connectivity index (χ1) is 12.2. The summed E-state index contributed by atoms with van der Waals surface area (Å²) in [6.07, 6.45) is -3.50. The van der Waals surface area contributed by atoms with Gasteiger partial charge in [-0.1, -0.05) is 6.07 Å². The quantitative estimate of drug-likeness (QED) is 0.792. The molecule has 142 valence electrons. The molecule has 2 amide bonds. The van der Waals surface area contributed by atoms with Gasteiger partial charge in [-0.2, -0.15) is 13.2 Å². The summed E-state index contributed by atoms with van der Waals surface area (Å²) < 4.78 is 52.4. The number of nitrogens with zero attached hydrogens (tertiary/aromatic N) is 1. The number of nitrogens with one attached hydrogen (secondary N) is 1. The van der Waals surface area contributed by atoms with Crippen molar-refractivity contribution < 1.29 is 32.3 Å². The zero-order valence-corrected chi connectivity index (χ0v) is 13.7. The van der Waals surface area contributed by atoms with Crippen LogP contribution >= 0.6 is 0 Å². The number of rotatable bonds is 4. The highest BCUT2D eigenvalue weighted by molar-refractivity contribution is 5.86. The van der Waals surface area contributed by atoms with Crippen molar-refractivity contribution >= 4 is 12.0 Å². The number of carbonyl (C=O) groups is 2. The molecule has 0 unspecified atom stereocenters. The Bertz CT molecular complexity index is 718. The zero-order valence-electron chi connectivity index (χ0n) is 13.7. The van der Waals surface area contributed by atoms with E-state index in [0.29, 0.717) is 18.9 Å². The lowest BCUT2D eigenvalue weighted by Gasteiger charge is -2.25. The van der Waals surface area contributed by atoms with Crippen molar-refractivity contribution in [1.82, 2.24) is 10.2 Å². The van der Waals surface area contributed by atoms with Gasteiger partial charge < -0.3 is 10.4 Å². The fourth-order valence-electron chi connectivity index (χ4n) is 3.35. The van der Waals surface area contributed by atoms with Crippen LogP contribution in [0.15, 0.2) is 18.2 Å². The summed E-state index contributed by atoms with van der Waals surface area (Å²) in [5.74, 6) is -1.63. The lowest BCUT2D eigenvalue weighted by molar-refractivity contribution is -0.137. The van der Waals surface area contributed by atoms with E-state index in [1.807, 2.05) is 0 Å². The van der Waals surface area contributed by atoms with Crippen molar-refractivity contribution in [2.45, 2.75) is 43.9 Å². The summed E-state index contributed by atoms with van der Waals surface area (Å²) in [6, 6.07) is 0.646. The molecule has 0 spiro atoms. The van der Waals surface area contributed by atoms with E-state index in [9.17, 15) is 27.2 Å². The number of amides is 2. The summed E-state index contributed by atoms with van der Waals surface area (Å²) in [7, 11) is 0. The summed E-state index contributed by atoms with van der Waals surface area (Å²) >= 11 is 0. The van der Waals surface area contributed by atoms with Crippen LogP contribution in [0.1, 0.15) is 42.9 Å². The van der Waals surface area contributed by atoms with E-state index in [1.54, 1.807) is 0 Å². The average Bonchev–Trinajstić information content (AvgIpc) is 3.26. The van der Waals surface area contributed by atoms with Crippen molar-refractivity contribution in [2.75, 3.05) is 6.54 Å². The Hall–Kier alpha value is -2.32. The first-order valence-corrected chi connectivity index (χ1v) is 8.35. The molecule has 5 nitrogen and oxygen atoms in total. The standard InChI is InChI=1S/C17H18F4N2O3/c18-12-8-10(17(19,20)21)5-6-11(12)14(9-3-4-9)22-15(24)13-2-1-7-23(13)16(25)26/h5-6,8-9,13-14H,1-4,7H2,(H,22,24)(H,25,26)/t13-,14-/m1/s1. The number of likely N-dealkylation sites (tertiary alicyclic amines) is 1. The molecule has 2 fully saturated rings. The number of carbonyl (C=O) groups excluding carboxylic acids is 1. The van der Waals surface area contributed by atoms with Gasteiger partial charge in [-0.15, -0.1) is 0 Å². The Morgan fingerprint density at radius 1 is 1.23 bits per heavy atom. The maximum absolute atomic E-state index is 14.3. The summed E-state index contributed by atoms with van der Waals surface area (Å²) in [4.78, 5) is 24.7. The third kappa shape index (κ3) is 3.76. The smallest absolute Gasteiger partial charge is 0.416 e. The Labute approximate surface area is 147 Å². The van der Waals surface area contributed by atoms with E-state index >= 15 is 0 Å². The molecule has 2 N–H and O–H groups in total. The van der Waals surface area contributed by atoms with Crippen LogP contribution in [0.3, 0.4) is 0 Å². The van der Waals surface area contributed by atoms with Crippen molar-refractivity contribution in [2.24, 2.45) is 5.92 Å². The minimum absolute atomic E-state index is 0.00581. The molecule has 0 aromatic heterocycles. The van der Waals surface area contributed by atoms with E-state index in [4.69, 9.17) is 5.11 Å². The molecule has 1 aromatic carbocycles. The van der Waals surface area contributed by atoms with Crippen molar-refractivity contribution in [3.05, 3.63) is 35.1 Å². The summed E-state index contributed by atoms with van der Waals surface area (Å²) in [6.45, 7) is 0.246. The SMILES string of the molecule is O=C(N[C@@H](c1ccc(C(F)(F)F)cc1F)C1CC1)[C@H]1CCCN1C(=O)O. The number of carboxylic acid groups (broad SMARTS) is 1. The number of halogens is 4. The summed E-state index contributed by atoms with van der Waals surface area (Å²) in [5.41, 5.74) is -1.10. The van der Waals surface area contributed by atoms with Gasteiger partial charge >= 0.3 is 12.3 Å².